The lowest BCUT2D eigenvalue weighted by molar-refractivity contribution is 0.922. The molecule has 98 valence electrons. The molecule has 0 bridgehead atoms. The standard InChI is InChI=1S/C17H20N2/c1-13-4-3-5-16(10-13)19(2)12-14-6-7-15-8-9-18-17(15)11-14/h3-7,10-11,18H,8-9,12H2,1-2H3. The van der Waals surface area contributed by atoms with Crippen LogP contribution in [0.3, 0.4) is 0 Å². The summed E-state index contributed by atoms with van der Waals surface area (Å²) in [5.41, 5.74) is 6.70. The van der Waals surface area contributed by atoms with Gasteiger partial charge in [0.1, 0.15) is 0 Å². The van der Waals surface area contributed by atoms with E-state index in [0.717, 1.165) is 19.5 Å². The molecule has 1 heterocycles. The fourth-order valence-corrected chi connectivity index (χ4v) is 2.67. The highest BCUT2D eigenvalue weighted by atomic mass is 15.1. The van der Waals surface area contributed by atoms with Crippen LogP contribution in [0, 0.1) is 6.92 Å². The summed E-state index contributed by atoms with van der Waals surface area (Å²) >= 11 is 0. The first-order valence-corrected chi connectivity index (χ1v) is 6.86. The second-order valence-electron chi connectivity index (χ2n) is 5.36. The lowest BCUT2D eigenvalue weighted by Gasteiger charge is -2.20. The van der Waals surface area contributed by atoms with E-state index >= 15 is 0 Å². The van der Waals surface area contributed by atoms with E-state index in [9.17, 15) is 0 Å². The molecule has 0 fully saturated rings. The van der Waals surface area contributed by atoms with Gasteiger partial charge in [-0.3, -0.25) is 0 Å². The van der Waals surface area contributed by atoms with Crippen molar-refractivity contribution in [1.29, 1.82) is 0 Å². The number of hydrogen-bond acceptors (Lipinski definition) is 2. The molecule has 2 nitrogen and oxygen atoms in total. The third kappa shape index (κ3) is 2.58. The van der Waals surface area contributed by atoms with Crippen molar-refractivity contribution < 1.29 is 0 Å². The summed E-state index contributed by atoms with van der Waals surface area (Å²) in [6.45, 7) is 4.15. The van der Waals surface area contributed by atoms with E-state index in [4.69, 9.17) is 0 Å². The number of nitrogens with zero attached hydrogens (tertiary/aromatic N) is 1. The average molecular weight is 252 g/mol. The van der Waals surface area contributed by atoms with Crippen LogP contribution in [-0.4, -0.2) is 13.6 Å². The van der Waals surface area contributed by atoms with E-state index in [1.54, 1.807) is 0 Å². The maximum absolute atomic E-state index is 3.44. The molecule has 0 aliphatic carbocycles. The predicted octanol–water partition coefficient (Wildman–Crippen LogP) is 3.60. The van der Waals surface area contributed by atoms with Crippen molar-refractivity contribution in [3.8, 4) is 0 Å². The fraction of sp³-hybridized carbons (Fsp3) is 0.294. The third-order valence-electron chi connectivity index (χ3n) is 3.75. The lowest BCUT2D eigenvalue weighted by atomic mass is 10.1. The van der Waals surface area contributed by atoms with Gasteiger partial charge >= 0.3 is 0 Å². The summed E-state index contributed by atoms with van der Waals surface area (Å²) in [5, 5.41) is 3.44. The van der Waals surface area contributed by atoms with Gasteiger partial charge in [-0.05, 0) is 48.2 Å². The molecule has 0 amide bonds. The van der Waals surface area contributed by atoms with Crippen LogP contribution in [0.25, 0.3) is 0 Å². The van der Waals surface area contributed by atoms with Gasteiger partial charge in [0.25, 0.3) is 0 Å². The van der Waals surface area contributed by atoms with Crippen molar-refractivity contribution in [3.05, 3.63) is 59.2 Å². The molecule has 3 rings (SSSR count). The van der Waals surface area contributed by atoms with Gasteiger partial charge in [0.15, 0.2) is 0 Å². The summed E-state index contributed by atoms with van der Waals surface area (Å²) in [6, 6.07) is 15.4. The molecule has 1 N–H and O–H groups in total. The van der Waals surface area contributed by atoms with Crippen LogP contribution >= 0.6 is 0 Å². The normalized spacial score (nSPS) is 12.9. The Bertz CT molecular complexity index is 590. The van der Waals surface area contributed by atoms with Gasteiger partial charge < -0.3 is 10.2 Å². The molecule has 0 radical (unpaired) electrons. The maximum Gasteiger partial charge on any atom is 0.0426 e. The molecule has 2 aromatic carbocycles. The molecule has 0 saturated heterocycles. The first-order valence-electron chi connectivity index (χ1n) is 6.86. The van der Waals surface area contributed by atoms with Crippen LogP contribution in [0.4, 0.5) is 11.4 Å². The highest BCUT2D eigenvalue weighted by Gasteiger charge is 2.10. The Labute approximate surface area is 115 Å². The molecule has 1 aliphatic rings. The zero-order valence-electron chi connectivity index (χ0n) is 11.6. The van der Waals surface area contributed by atoms with Crippen LogP contribution in [0.5, 0.6) is 0 Å². The largest absolute Gasteiger partial charge is 0.384 e. The van der Waals surface area contributed by atoms with E-state index in [-0.39, 0.29) is 0 Å². The number of benzene rings is 2. The van der Waals surface area contributed by atoms with E-state index in [0.29, 0.717) is 0 Å². The molecular formula is C17H20N2. The Kier molecular flexibility index (Phi) is 3.16. The first kappa shape index (κ1) is 12.1. The molecule has 0 aromatic heterocycles. The third-order valence-corrected chi connectivity index (χ3v) is 3.75. The average Bonchev–Trinajstić information content (AvgIpc) is 2.86. The van der Waals surface area contributed by atoms with Crippen molar-refractivity contribution in [1.82, 2.24) is 0 Å². The Morgan fingerprint density at radius 3 is 2.89 bits per heavy atom. The topological polar surface area (TPSA) is 15.3 Å². The van der Waals surface area contributed by atoms with Crippen LogP contribution in [0.1, 0.15) is 16.7 Å². The summed E-state index contributed by atoms with van der Waals surface area (Å²) < 4.78 is 0. The molecule has 0 saturated carbocycles. The van der Waals surface area contributed by atoms with Crippen LogP contribution < -0.4 is 10.2 Å². The smallest absolute Gasteiger partial charge is 0.0426 e. The summed E-state index contributed by atoms with van der Waals surface area (Å²) in [4.78, 5) is 2.30. The highest BCUT2D eigenvalue weighted by Crippen LogP contribution is 2.24. The zero-order valence-corrected chi connectivity index (χ0v) is 11.6. The molecule has 1 aliphatic heterocycles. The van der Waals surface area contributed by atoms with E-state index in [2.05, 4.69) is 66.7 Å². The summed E-state index contributed by atoms with van der Waals surface area (Å²) in [6.07, 6.45) is 1.16. The predicted molar refractivity (Wildman–Crippen MR) is 81.9 cm³/mol. The molecule has 0 spiro atoms. The minimum absolute atomic E-state index is 0.943. The van der Waals surface area contributed by atoms with Gasteiger partial charge in [0, 0.05) is 31.5 Å². The van der Waals surface area contributed by atoms with Crippen LogP contribution in [0.2, 0.25) is 0 Å². The van der Waals surface area contributed by atoms with Crippen molar-refractivity contribution >= 4 is 11.4 Å². The van der Waals surface area contributed by atoms with Gasteiger partial charge in [-0.25, -0.2) is 0 Å². The van der Waals surface area contributed by atoms with E-state index in [1.807, 2.05) is 0 Å². The van der Waals surface area contributed by atoms with Crippen molar-refractivity contribution in [2.45, 2.75) is 19.9 Å². The number of hydrogen-bond donors (Lipinski definition) is 1. The molecule has 19 heavy (non-hydrogen) atoms. The van der Waals surface area contributed by atoms with Gasteiger partial charge in [0.05, 0.1) is 0 Å². The Morgan fingerprint density at radius 2 is 2.05 bits per heavy atom. The highest BCUT2D eigenvalue weighted by molar-refractivity contribution is 5.58. The van der Waals surface area contributed by atoms with Crippen molar-refractivity contribution in [2.75, 3.05) is 23.8 Å². The van der Waals surface area contributed by atoms with E-state index in [1.165, 1.54) is 28.1 Å². The summed E-state index contributed by atoms with van der Waals surface area (Å²) in [5.74, 6) is 0. The molecule has 0 atom stereocenters. The minimum Gasteiger partial charge on any atom is -0.384 e. The quantitative estimate of drug-likeness (QED) is 0.898. The summed E-state index contributed by atoms with van der Waals surface area (Å²) in [7, 11) is 2.15. The number of rotatable bonds is 3. The molecular weight excluding hydrogens is 232 g/mol. The molecule has 2 aromatic rings. The number of anilines is 2. The molecule has 2 heteroatoms. The SMILES string of the molecule is Cc1cccc(N(C)Cc2ccc3c(c2)NCC3)c1. The van der Waals surface area contributed by atoms with Crippen molar-refractivity contribution in [2.24, 2.45) is 0 Å². The lowest BCUT2D eigenvalue weighted by Crippen LogP contribution is -2.16. The van der Waals surface area contributed by atoms with Crippen molar-refractivity contribution in [3.63, 3.8) is 0 Å². The van der Waals surface area contributed by atoms with Gasteiger partial charge in [-0.2, -0.15) is 0 Å². The fourth-order valence-electron chi connectivity index (χ4n) is 2.67. The Hall–Kier alpha value is -1.96. The second kappa shape index (κ2) is 4.96. The van der Waals surface area contributed by atoms with Gasteiger partial charge in [-0.15, -0.1) is 0 Å². The minimum atomic E-state index is 0.943. The van der Waals surface area contributed by atoms with Gasteiger partial charge in [0.2, 0.25) is 0 Å². The van der Waals surface area contributed by atoms with Gasteiger partial charge in [-0.1, -0.05) is 24.3 Å². The van der Waals surface area contributed by atoms with E-state index < -0.39 is 0 Å². The Balaban J connectivity index is 1.77. The number of nitrogens with one attached hydrogen (secondary N) is 1. The maximum atomic E-state index is 3.44. The zero-order chi connectivity index (χ0) is 13.2. The van der Waals surface area contributed by atoms with Crippen LogP contribution in [0.15, 0.2) is 42.5 Å². The number of aryl methyl sites for hydroxylation is 1. The molecule has 0 unspecified atom stereocenters. The van der Waals surface area contributed by atoms with Crippen LogP contribution in [-0.2, 0) is 13.0 Å². The number of fused-ring (bicyclic) bond motifs is 1. The first-order chi connectivity index (χ1) is 9.22. The second-order valence-corrected chi connectivity index (χ2v) is 5.36. The Morgan fingerprint density at radius 1 is 1.16 bits per heavy atom. The monoisotopic (exact) mass is 252 g/mol.